The van der Waals surface area contributed by atoms with Crippen molar-refractivity contribution in [3.05, 3.63) is 42.2 Å². The van der Waals surface area contributed by atoms with E-state index >= 15 is 0 Å². The highest BCUT2D eigenvalue weighted by Gasteiger charge is 2.06. The van der Waals surface area contributed by atoms with Gasteiger partial charge < -0.3 is 5.73 Å². The van der Waals surface area contributed by atoms with Gasteiger partial charge in [-0.1, -0.05) is 24.3 Å². The van der Waals surface area contributed by atoms with Gasteiger partial charge in [0.2, 0.25) is 0 Å². The smallest absolute Gasteiger partial charge is 0.267 e. The fourth-order valence-corrected chi connectivity index (χ4v) is 1.25. The Balaban J connectivity index is 2.83. The number of nitrogens with two attached hydrogens (primary N) is 1. The standard InChI is InChI=1S/C10H7N2O/c11-10(13)9-8-4-2-1-3-7(8)5-6-12-9/h1-4,6H,(H2,11,13). The van der Waals surface area contributed by atoms with Crippen LogP contribution in [0.2, 0.25) is 0 Å². The van der Waals surface area contributed by atoms with Crippen LogP contribution in [-0.2, 0) is 0 Å². The van der Waals surface area contributed by atoms with Gasteiger partial charge in [-0.15, -0.1) is 0 Å². The van der Waals surface area contributed by atoms with Crippen LogP contribution in [0.25, 0.3) is 10.8 Å². The maximum absolute atomic E-state index is 11.0. The lowest BCUT2D eigenvalue weighted by molar-refractivity contribution is 0.0997. The molecule has 1 radical (unpaired) electrons. The second kappa shape index (κ2) is 2.86. The van der Waals surface area contributed by atoms with Gasteiger partial charge in [-0.2, -0.15) is 0 Å². The number of primary amides is 1. The molecule has 2 aromatic rings. The minimum absolute atomic E-state index is 0.300. The highest BCUT2D eigenvalue weighted by molar-refractivity contribution is 6.04. The third-order valence-corrected chi connectivity index (χ3v) is 1.83. The molecule has 3 heteroatoms. The Bertz CT molecular complexity index is 460. The molecule has 1 heterocycles. The Morgan fingerprint density at radius 2 is 2.15 bits per heavy atom. The summed E-state index contributed by atoms with van der Waals surface area (Å²) in [6.45, 7) is 0. The van der Waals surface area contributed by atoms with Crippen LogP contribution < -0.4 is 5.73 Å². The number of amides is 1. The molecular formula is C10H7N2O. The van der Waals surface area contributed by atoms with Gasteiger partial charge in [-0.05, 0) is 5.39 Å². The predicted octanol–water partition coefficient (Wildman–Crippen LogP) is 1.13. The lowest BCUT2D eigenvalue weighted by atomic mass is 10.1. The summed E-state index contributed by atoms with van der Waals surface area (Å²) in [5, 5.41) is 1.60. The molecule has 2 N–H and O–H groups in total. The summed E-state index contributed by atoms with van der Waals surface area (Å²) in [5.41, 5.74) is 5.46. The van der Waals surface area contributed by atoms with Gasteiger partial charge in [0.15, 0.2) is 0 Å². The number of pyridine rings is 1. The third-order valence-electron chi connectivity index (χ3n) is 1.83. The summed E-state index contributed by atoms with van der Waals surface area (Å²) in [4.78, 5) is 14.8. The Morgan fingerprint density at radius 1 is 1.38 bits per heavy atom. The minimum Gasteiger partial charge on any atom is -0.364 e. The van der Waals surface area contributed by atoms with Gasteiger partial charge in [0.25, 0.3) is 5.91 Å². The van der Waals surface area contributed by atoms with Gasteiger partial charge in [0.1, 0.15) is 5.69 Å². The van der Waals surface area contributed by atoms with E-state index in [4.69, 9.17) is 5.73 Å². The van der Waals surface area contributed by atoms with Crippen LogP contribution in [-0.4, -0.2) is 10.9 Å². The van der Waals surface area contributed by atoms with Crippen LogP contribution >= 0.6 is 0 Å². The zero-order valence-corrected chi connectivity index (χ0v) is 6.82. The molecule has 1 amide bonds. The van der Waals surface area contributed by atoms with Crippen molar-refractivity contribution in [1.29, 1.82) is 0 Å². The average Bonchev–Trinajstić information content (AvgIpc) is 2.17. The number of aromatic nitrogens is 1. The van der Waals surface area contributed by atoms with Crippen LogP contribution in [0.1, 0.15) is 10.5 Å². The molecule has 0 aliphatic heterocycles. The first kappa shape index (κ1) is 7.73. The highest BCUT2D eigenvalue weighted by Crippen LogP contribution is 2.14. The summed E-state index contributed by atoms with van der Waals surface area (Å²) in [7, 11) is 0. The maximum atomic E-state index is 11.0. The molecule has 0 atom stereocenters. The van der Waals surface area contributed by atoms with Crippen molar-refractivity contribution in [2.75, 3.05) is 0 Å². The Hall–Kier alpha value is -1.90. The van der Waals surface area contributed by atoms with Crippen molar-refractivity contribution in [2.24, 2.45) is 5.73 Å². The van der Waals surface area contributed by atoms with Crippen molar-refractivity contribution < 1.29 is 4.79 Å². The molecule has 1 aromatic heterocycles. The molecule has 0 bridgehead atoms. The zero-order chi connectivity index (χ0) is 9.26. The van der Waals surface area contributed by atoms with E-state index in [2.05, 4.69) is 11.1 Å². The molecule has 0 saturated heterocycles. The Morgan fingerprint density at radius 3 is 2.92 bits per heavy atom. The molecule has 0 unspecified atom stereocenters. The zero-order valence-electron chi connectivity index (χ0n) is 6.82. The monoisotopic (exact) mass is 171 g/mol. The molecule has 0 spiro atoms. The third kappa shape index (κ3) is 1.24. The molecule has 13 heavy (non-hydrogen) atoms. The molecule has 63 valence electrons. The average molecular weight is 171 g/mol. The molecule has 3 nitrogen and oxygen atoms in total. The molecule has 1 aromatic carbocycles. The first-order valence-electron chi connectivity index (χ1n) is 3.84. The molecule has 0 fully saturated rings. The van der Waals surface area contributed by atoms with Crippen LogP contribution in [0, 0.1) is 6.07 Å². The predicted molar refractivity (Wildman–Crippen MR) is 49.1 cm³/mol. The molecule has 0 saturated carbocycles. The number of hydrogen-bond acceptors (Lipinski definition) is 2. The lowest BCUT2D eigenvalue weighted by Gasteiger charge is -1.99. The van der Waals surface area contributed by atoms with Gasteiger partial charge in [0, 0.05) is 17.6 Å². The topological polar surface area (TPSA) is 56.0 Å². The van der Waals surface area contributed by atoms with E-state index in [9.17, 15) is 4.79 Å². The SMILES string of the molecule is NC(=O)c1nc[c]c2ccccc12. The largest absolute Gasteiger partial charge is 0.364 e. The van der Waals surface area contributed by atoms with Crippen molar-refractivity contribution >= 4 is 16.7 Å². The van der Waals surface area contributed by atoms with Crippen molar-refractivity contribution in [3.63, 3.8) is 0 Å². The van der Waals surface area contributed by atoms with Crippen LogP contribution in [0.15, 0.2) is 30.5 Å². The second-order valence-corrected chi connectivity index (χ2v) is 2.66. The first-order chi connectivity index (χ1) is 6.29. The number of carbonyl (C=O) groups is 1. The van der Waals surface area contributed by atoms with E-state index in [0.717, 1.165) is 10.8 Å². The summed E-state index contributed by atoms with van der Waals surface area (Å²) < 4.78 is 0. The fraction of sp³-hybridized carbons (Fsp3) is 0. The van der Waals surface area contributed by atoms with E-state index in [-0.39, 0.29) is 0 Å². The van der Waals surface area contributed by atoms with Gasteiger partial charge >= 0.3 is 0 Å². The number of fused-ring (bicyclic) bond motifs is 1. The second-order valence-electron chi connectivity index (χ2n) is 2.66. The molecular weight excluding hydrogens is 164 g/mol. The van der Waals surface area contributed by atoms with Gasteiger partial charge in [-0.25, -0.2) is 4.98 Å². The van der Waals surface area contributed by atoms with Crippen LogP contribution in [0.5, 0.6) is 0 Å². The van der Waals surface area contributed by atoms with E-state index < -0.39 is 5.91 Å². The summed E-state index contributed by atoms with van der Waals surface area (Å²) >= 11 is 0. The number of hydrogen-bond donors (Lipinski definition) is 1. The fourth-order valence-electron chi connectivity index (χ4n) is 1.25. The Labute approximate surface area is 75.2 Å². The van der Waals surface area contributed by atoms with E-state index in [0.29, 0.717) is 5.69 Å². The van der Waals surface area contributed by atoms with Crippen LogP contribution in [0.4, 0.5) is 0 Å². The van der Waals surface area contributed by atoms with Crippen molar-refractivity contribution in [3.8, 4) is 0 Å². The minimum atomic E-state index is -0.509. The van der Waals surface area contributed by atoms with Crippen molar-refractivity contribution in [2.45, 2.75) is 0 Å². The first-order valence-corrected chi connectivity index (χ1v) is 3.84. The van der Waals surface area contributed by atoms with Gasteiger partial charge in [0.05, 0.1) is 0 Å². The number of rotatable bonds is 1. The molecule has 2 rings (SSSR count). The van der Waals surface area contributed by atoms with E-state index in [1.165, 1.54) is 6.20 Å². The van der Waals surface area contributed by atoms with E-state index in [1.807, 2.05) is 18.2 Å². The number of carbonyl (C=O) groups excluding carboxylic acids is 1. The maximum Gasteiger partial charge on any atom is 0.267 e. The highest BCUT2D eigenvalue weighted by atomic mass is 16.1. The summed E-state index contributed by atoms with van der Waals surface area (Å²) in [6, 6.07) is 10.3. The summed E-state index contributed by atoms with van der Waals surface area (Å²) in [6.07, 6.45) is 1.46. The molecule has 0 aliphatic carbocycles. The molecule has 0 aliphatic rings. The quantitative estimate of drug-likeness (QED) is 0.699. The normalized spacial score (nSPS) is 10.2. The Kier molecular flexibility index (Phi) is 1.70. The summed E-state index contributed by atoms with van der Waals surface area (Å²) in [5.74, 6) is -0.509. The lowest BCUT2D eigenvalue weighted by Crippen LogP contribution is -2.13. The van der Waals surface area contributed by atoms with E-state index in [1.54, 1.807) is 6.07 Å². The number of nitrogens with zero attached hydrogens (tertiary/aromatic N) is 1. The van der Waals surface area contributed by atoms with Gasteiger partial charge in [-0.3, -0.25) is 4.79 Å². The van der Waals surface area contributed by atoms with Crippen molar-refractivity contribution in [1.82, 2.24) is 4.98 Å². The van der Waals surface area contributed by atoms with Crippen LogP contribution in [0.3, 0.4) is 0 Å². The number of benzene rings is 1.